The largest absolute Gasteiger partial charge is 0.384 e. The molecule has 1 aromatic rings. The summed E-state index contributed by atoms with van der Waals surface area (Å²) in [6, 6.07) is 7.96. The molecule has 0 aliphatic heterocycles. The number of hydrogen-bond donors (Lipinski definition) is 1. The molecule has 17 heavy (non-hydrogen) atoms. The molecule has 0 spiro atoms. The molecule has 0 bridgehead atoms. The Morgan fingerprint density at radius 1 is 1.35 bits per heavy atom. The van der Waals surface area contributed by atoms with Crippen LogP contribution in [-0.2, 0) is 9.84 Å². The Balaban J connectivity index is 2.51. The van der Waals surface area contributed by atoms with E-state index in [-0.39, 0.29) is 11.0 Å². The topological polar surface area (TPSA) is 46.2 Å². The van der Waals surface area contributed by atoms with Gasteiger partial charge in [0.15, 0.2) is 9.84 Å². The smallest absolute Gasteiger partial charge is 0.154 e. The highest BCUT2D eigenvalue weighted by molar-refractivity contribution is 7.98. The Kier molecular flexibility index (Phi) is 5.33. The summed E-state index contributed by atoms with van der Waals surface area (Å²) in [5.74, 6) is 0.175. The van der Waals surface area contributed by atoms with Crippen molar-refractivity contribution in [3.05, 3.63) is 24.3 Å². The number of thioether (sulfide) groups is 1. The predicted molar refractivity (Wildman–Crippen MR) is 75.6 cm³/mol. The number of benzene rings is 1. The van der Waals surface area contributed by atoms with Crippen LogP contribution in [-0.4, -0.2) is 32.2 Å². The summed E-state index contributed by atoms with van der Waals surface area (Å²) >= 11 is 1.67. The maximum absolute atomic E-state index is 11.6. The second kappa shape index (κ2) is 6.31. The van der Waals surface area contributed by atoms with Gasteiger partial charge in [0.2, 0.25) is 0 Å². The number of hydrogen-bond acceptors (Lipinski definition) is 4. The second-order valence-corrected chi connectivity index (χ2v) is 7.63. The molecule has 0 unspecified atom stereocenters. The molecule has 0 fully saturated rings. The van der Waals surface area contributed by atoms with E-state index in [1.165, 1.54) is 4.90 Å². The van der Waals surface area contributed by atoms with Gasteiger partial charge in [-0.3, -0.25) is 0 Å². The van der Waals surface area contributed by atoms with Gasteiger partial charge >= 0.3 is 0 Å². The third kappa shape index (κ3) is 4.60. The molecule has 0 aromatic heterocycles. The standard InChI is InChI=1S/C12H19NO2S2/c1-10(2)17(14,15)8-7-13-11-5-4-6-12(9-11)16-3/h4-6,9-10,13H,7-8H2,1-3H3. The molecule has 3 nitrogen and oxygen atoms in total. The van der Waals surface area contributed by atoms with Crippen molar-refractivity contribution in [2.24, 2.45) is 0 Å². The van der Waals surface area contributed by atoms with E-state index in [1.807, 2.05) is 30.5 Å². The molecule has 0 aliphatic carbocycles. The summed E-state index contributed by atoms with van der Waals surface area (Å²) in [5.41, 5.74) is 0.968. The first-order chi connectivity index (χ1) is 7.95. The maximum atomic E-state index is 11.6. The lowest BCUT2D eigenvalue weighted by Gasteiger charge is -2.10. The van der Waals surface area contributed by atoms with E-state index in [0.717, 1.165) is 5.69 Å². The summed E-state index contributed by atoms with van der Waals surface area (Å²) in [7, 11) is -2.95. The Morgan fingerprint density at radius 3 is 2.65 bits per heavy atom. The van der Waals surface area contributed by atoms with E-state index < -0.39 is 9.84 Å². The Labute approximate surface area is 108 Å². The fraction of sp³-hybridized carbons (Fsp3) is 0.500. The highest BCUT2D eigenvalue weighted by atomic mass is 32.2. The lowest BCUT2D eigenvalue weighted by atomic mass is 10.3. The first kappa shape index (κ1) is 14.4. The van der Waals surface area contributed by atoms with Crippen LogP contribution in [0.3, 0.4) is 0 Å². The summed E-state index contributed by atoms with van der Waals surface area (Å²) in [5, 5.41) is 2.83. The third-order valence-electron chi connectivity index (χ3n) is 2.50. The Morgan fingerprint density at radius 2 is 2.06 bits per heavy atom. The van der Waals surface area contributed by atoms with Crippen molar-refractivity contribution in [2.75, 3.05) is 23.9 Å². The average molecular weight is 273 g/mol. The zero-order valence-corrected chi connectivity index (χ0v) is 12.1. The van der Waals surface area contributed by atoms with Crippen LogP contribution in [0.15, 0.2) is 29.2 Å². The zero-order valence-electron chi connectivity index (χ0n) is 10.4. The van der Waals surface area contributed by atoms with E-state index in [9.17, 15) is 8.42 Å². The Bertz CT molecular complexity index is 455. The van der Waals surface area contributed by atoms with Crippen molar-refractivity contribution in [3.8, 4) is 0 Å². The highest BCUT2D eigenvalue weighted by Gasteiger charge is 2.14. The van der Waals surface area contributed by atoms with Crippen LogP contribution < -0.4 is 5.32 Å². The lowest BCUT2D eigenvalue weighted by molar-refractivity contribution is 0.588. The van der Waals surface area contributed by atoms with Crippen LogP contribution in [0.2, 0.25) is 0 Å². The molecule has 0 saturated carbocycles. The van der Waals surface area contributed by atoms with Gasteiger partial charge in [-0.15, -0.1) is 11.8 Å². The molecule has 0 saturated heterocycles. The van der Waals surface area contributed by atoms with Gasteiger partial charge < -0.3 is 5.32 Å². The van der Waals surface area contributed by atoms with E-state index in [0.29, 0.717) is 6.54 Å². The molecular formula is C12H19NO2S2. The summed E-state index contributed by atoms with van der Waals surface area (Å²) in [6.07, 6.45) is 2.02. The van der Waals surface area contributed by atoms with Crippen LogP contribution in [0.5, 0.6) is 0 Å². The van der Waals surface area contributed by atoms with E-state index >= 15 is 0 Å². The van der Waals surface area contributed by atoms with Crippen molar-refractivity contribution in [1.29, 1.82) is 0 Å². The van der Waals surface area contributed by atoms with Crippen LogP contribution in [0, 0.1) is 0 Å². The maximum Gasteiger partial charge on any atom is 0.154 e. The van der Waals surface area contributed by atoms with E-state index in [2.05, 4.69) is 5.32 Å². The predicted octanol–water partition coefficient (Wildman–Crippen LogP) is 2.64. The van der Waals surface area contributed by atoms with E-state index in [1.54, 1.807) is 25.6 Å². The zero-order chi connectivity index (χ0) is 12.9. The average Bonchev–Trinajstić information content (AvgIpc) is 2.29. The van der Waals surface area contributed by atoms with Crippen molar-refractivity contribution in [3.63, 3.8) is 0 Å². The molecule has 96 valence electrons. The van der Waals surface area contributed by atoms with Crippen molar-refractivity contribution in [1.82, 2.24) is 0 Å². The molecule has 0 radical (unpaired) electrons. The molecule has 5 heteroatoms. The fourth-order valence-corrected chi connectivity index (χ4v) is 2.62. The summed E-state index contributed by atoms with van der Waals surface area (Å²) < 4.78 is 23.2. The van der Waals surface area contributed by atoms with Gasteiger partial charge in [-0.2, -0.15) is 0 Å². The SMILES string of the molecule is CSc1cccc(NCCS(=O)(=O)C(C)C)c1. The first-order valence-electron chi connectivity index (χ1n) is 5.55. The highest BCUT2D eigenvalue weighted by Crippen LogP contribution is 2.18. The van der Waals surface area contributed by atoms with Crippen molar-refractivity contribution in [2.45, 2.75) is 24.0 Å². The number of sulfone groups is 1. The first-order valence-corrected chi connectivity index (χ1v) is 8.49. The van der Waals surface area contributed by atoms with E-state index in [4.69, 9.17) is 0 Å². The summed E-state index contributed by atoms with van der Waals surface area (Å²) in [4.78, 5) is 1.17. The van der Waals surface area contributed by atoms with Crippen LogP contribution in [0.4, 0.5) is 5.69 Å². The number of rotatable bonds is 6. The second-order valence-electron chi connectivity index (χ2n) is 4.07. The third-order valence-corrected chi connectivity index (χ3v) is 5.44. The van der Waals surface area contributed by atoms with Crippen LogP contribution >= 0.6 is 11.8 Å². The van der Waals surface area contributed by atoms with Crippen LogP contribution in [0.25, 0.3) is 0 Å². The number of nitrogens with one attached hydrogen (secondary N) is 1. The molecule has 0 atom stereocenters. The monoisotopic (exact) mass is 273 g/mol. The van der Waals surface area contributed by atoms with Gasteiger partial charge in [-0.25, -0.2) is 8.42 Å². The van der Waals surface area contributed by atoms with Gasteiger partial charge in [-0.05, 0) is 38.3 Å². The molecule has 0 heterocycles. The fourth-order valence-electron chi connectivity index (χ4n) is 1.31. The minimum Gasteiger partial charge on any atom is -0.384 e. The van der Waals surface area contributed by atoms with Crippen LogP contribution in [0.1, 0.15) is 13.8 Å². The summed E-state index contributed by atoms with van der Waals surface area (Å²) in [6.45, 7) is 3.88. The molecule has 1 N–H and O–H groups in total. The quantitative estimate of drug-likeness (QED) is 0.809. The minimum absolute atomic E-state index is 0.175. The molecule has 1 rings (SSSR count). The van der Waals surface area contributed by atoms with Crippen molar-refractivity contribution >= 4 is 27.3 Å². The lowest BCUT2D eigenvalue weighted by Crippen LogP contribution is -2.22. The molecule has 0 amide bonds. The van der Waals surface area contributed by atoms with Gasteiger partial charge in [0, 0.05) is 17.1 Å². The van der Waals surface area contributed by atoms with Crippen molar-refractivity contribution < 1.29 is 8.42 Å². The molecule has 1 aromatic carbocycles. The number of anilines is 1. The molecular weight excluding hydrogens is 254 g/mol. The Hall–Kier alpha value is -0.680. The molecule has 0 aliphatic rings. The van der Waals surface area contributed by atoms with Gasteiger partial charge in [-0.1, -0.05) is 6.07 Å². The minimum atomic E-state index is -2.95. The normalized spacial score (nSPS) is 11.8. The van der Waals surface area contributed by atoms with Gasteiger partial charge in [0.05, 0.1) is 11.0 Å². The van der Waals surface area contributed by atoms with Gasteiger partial charge in [0.1, 0.15) is 0 Å². The van der Waals surface area contributed by atoms with Gasteiger partial charge in [0.25, 0.3) is 0 Å².